The van der Waals surface area contributed by atoms with Gasteiger partial charge in [0.05, 0.1) is 30.1 Å². The lowest BCUT2D eigenvalue weighted by Gasteiger charge is -2.34. The molecule has 2 aliphatic heterocycles. The van der Waals surface area contributed by atoms with Crippen LogP contribution in [0.25, 0.3) is 11.3 Å². The Balaban J connectivity index is 1.29. The van der Waals surface area contributed by atoms with Crippen LogP contribution in [-0.2, 0) is 17.5 Å². The molecular weight excluding hydrogens is 590 g/mol. The van der Waals surface area contributed by atoms with Crippen LogP contribution in [0.2, 0.25) is 0 Å². The monoisotopic (exact) mass is 621 g/mol. The first-order chi connectivity index (χ1) is 20.1. The Hall–Kier alpha value is -3.19. The maximum absolute atomic E-state index is 13.4. The summed E-state index contributed by atoms with van der Waals surface area (Å²) in [5, 5.41) is 11.9. The van der Waals surface area contributed by atoms with E-state index in [1.165, 1.54) is 29.8 Å². The third-order valence-electron chi connectivity index (χ3n) is 7.35. The lowest BCUT2D eigenvalue weighted by molar-refractivity contribution is -0.138. The average Bonchev–Trinajstić information content (AvgIpc) is 3.57. The van der Waals surface area contributed by atoms with Crippen LogP contribution in [0.3, 0.4) is 0 Å². The van der Waals surface area contributed by atoms with Crippen LogP contribution in [0.1, 0.15) is 40.2 Å². The molecule has 3 aromatic rings. The van der Waals surface area contributed by atoms with Crippen molar-refractivity contribution in [2.24, 2.45) is 0 Å². The third kappa shape index (κ3) is 7.41. The summed E-state index contributed by atoms with van der Waals surface area (Å²) in [5.41, 5.74) is 0.0742. The van der Waals surface area contributed by atoms with E-state index >= 15 is 0 Å². The number of hydrogen-bond acceptors (Lipinski definition) is 9. The van der Waals surface area contributed by atoms with Gasteiger partial charge in [0, 0.05) is 55.5 Å². The molecule has 1 amide bonds. The van der Waals surface area contributed by atoms with Gasteiger partial charge in [-0.3, -0.25) is 24.7 Å². The lowest BCUT2D eigenvalue weighted by atomic mass is 10.1. The van der Waals surface area contributed by atoms with E-state index in [1.54, 1.807) is 6.07 Å². The Kier molecular flexibility index (Phi) is 9.36. The predicted molar refractivity (Wildman–Crippen MR) is 157 cm³/mol. The molecule has 2 N–H and O–H groups in total. The number of aliphatic carboxylic acids is 1. The van der Waals surface area contributed by atoms with E-state index in [2.05, 4.69) is 39.3 Å². The van der Waals surface area contributed by atoms with Crippen LogP contribution < -0.4 is 10.2 Å². The number of thiazole rings is 1. The van der Waals surface area contributed by atoms with Crippen LogP contribution in [0.5, 0.6) is 0 Å². The van der Waals surface area contributed by atoms with Crippen molar-refractivity contribution >= 4 is 43.4 Å². The number of alkyl halides is 3. The summed E-state index contributed by atoms with van der Waals surface area (Å²) in [6.07, 6.45) is 0.568. The summed E-state index contributed by atoms with van der Waals surface area (Å²) >= 11 is 1.24. The topological polar surface area (TPSA) is 115 Å². The van der Waals surface area contributed by atoms with E-state index < -0.39 is 23.6 Å². The molecule has 0 bridgehead atoms. The van der Waals surface area contributed by atoms with Crippen molar-refractivity contribution in [1.29, 1.82) is 0 Å². The molecule has 224 valence electrons. The highest BCUT2D eigenvalue weighted by Crippen LogP contribution is 2.37. The fraction of sp³-hybridized carbons (Fsp3) is 0.444. The average molecular weight is 622 g/mol. The molecular formula is C27H31F3N7O3PS. The van der Waals surface area contributed by atoms with Crippen LogP contribution in [0.4, 0.5) is 24.1 Å². The van der Waals surface area contributed by atoms with Crippen LogP contribution in [0.15, 0.2) is 36.7 Å². The molecule has 15 heteroatoms. The molecule has 0 spiro atoms. The number of benzene rings is 1. The van der Waals surface area contributed by atoms with E-state index in [1.807, 2.05) is 4.90 Å². The number of nitrogens with one attached hydrogen (secondary N) is 1. The second kappa shape index (κ2) is 13.0. The highest BCUT2D eigenvalue weighted by molar-refractivity contribution is 7.17. The largest absolute Gasteiger partial charge is 0.481 e. The van der Waals surface area contributed by atoms with E-state index in [0.29, 0.717) is 56.3 Å². The number of amides is 1. The molecule has 1 aromatic carbocycles. The van der Waals surface area contributed by atoms with Crippen LogP contribution >= 0.6 is 20.6 Å². The summed E-state index contributed by atoms with van der Waals surface area (Å²) in [7, 11) is 2.81. The smallest absolute Gasteiger partial charge is 0.416 e. The molecule has 2 aromatic heterocycles. The Bertz CT molecular complexity index is 1410. The zero-order valence-corrected chi connectivity index (χ0v) is 24.7. The molecule has 2 aliphatic rings. The van der Waals surface area contributed by atoms with E-state index in [9.17, 15) is 22.8 Å². The van der Waals surface area contributed by atoms with Crippen LogP contribution in [0, 0.1) is 0 Å². The van der Waals surface area contributed by atoms with Gasteiger partial charge in [-0.25, -0.2) is 15.0 Å². The van der Waals surface area contributed by atoms with Gasteiger partial charge in [-0.1, -0.05) is 23.5 Å². The summed E-state index contributed by atoms with van der Waals surface area (Å²) in [4.78, 5) is 44.2. The maximum Gasteiger partial charge on any atom is 0.416 e. The minimum Gasteiger partial charge on any atom is -0.481 e. The molecule has 4 heterocycles. The predicted octanol–water partition coefficient (Wildman–Crippen LogP) is 4.26. The Labute approximate surface area is 247 Å². The zero-order valence-electron chi connectivity index (χ0n) is 22.7. The lowest BCUT2D eigenvalue weighted by Crippen LogP contribution is -2.47. The first-order valence-corrected chi connectivity index (χ1v) is 15.0. The number of carbonyl (C=O) groups is 2. The van der Waals surface area contributed by atoms with Gasteiger partial charge in [0.1, 0.15) is 11.5 Å². The van der Waals surface area contributed by atoms with Gasteiger partial charge >= 0.3 is 12.1 Å². The van der Waals surface area contributed by atoms with Gasteiger partial charge in [-0.15, -0.1) is 9.24 Å². The minimum atomic E-state index is -4.48. The van der Waals surface area contributed by atoms with E-state index in [-0.39, 0.29) is 23.0 Å². The highest BCUT2D eigenvalue weighted by Gasteiger charge is 2.31. The van der Waals surface area contributed by atoms with Crippen molar-refractivity contribution in [1.82, 2.24) is 24.8 Å². The van der Waals surface area contributed by atoms with Crippen molar-refractivity contribution < 1.29 is 27.9 Å². The molecule has 1 unspecified atom stereocenters. The number of likely N-dealkylation sites (tertiary alicyclic amines) is 1. The van der Waals surface area contributed by atoms with Crippen molar-refractivity contribution in [3.8, 4) is 11.3 Å². The molecule has 5 rings (SSSR count). The first-order valence-electron chi connectivity index (χ1n) is 13.6. The fourth-order valence-electron chi connectivity index (χ4n) is 5.03. The van der Waals surface area contributed by atoms with E-state index in [4.69, 9.17) is 5.11 Å². The number of hydrogen-bond donors (Lipinski definition) is 2. The standard InChI is InChI=1S/C27H31F3N7O3PS/c28-27(29,30)18-4-1-3-17(13-18)24-20(16-37-7-2-5-22(37)41)42-26(33-24)34-25(40)19-14-32-21(15-31-19)36-11-9-35(10-12-36)8-6-23(38)39/h1,3-4,13-15,22H,2,5-12,16,41H2,(H,38,39)(H,33,34,40)/t22-/m1/s1. The molecule has 10 nitrogen and oxygen atoms in total. The summed E-state index contributed by atoms with van der Waals surface area (Å²) < 4.78 is 40.3. The molecule has 2 atom stereocenters. The van der Waals surface area contributed by atoms with Gasteiger partial charge in [-0.2, -0.15) is 13.2 Å². The second-order valence-electron chi connectivity index (χ2n) is 10.2. The number of halogens is 3. The van der Waals surface area contributed by atoms with Crippen molar-refractivity contribution in [3.63, 3.8) is 0 Å². The Morgan fingerprint density at radius 1 is 1.12 bits per heavy atom. The Morgan fingerprint density at radius 2 is 1.90 bits per heavy atom. The summed E-state index contributed by atoms with van der Waals surface area (Å²) in [5.74, 6) is -0.460. The van der Waals surface area contributed by atoms with Gasteiger partial charge in [-0.05, 0) is 31.5 Å². The molecule has 42 heavy (non-hydrogen) atoms. The SMILES string of the molecule is O=C(O)CCN1CCN(c2cnc(C(=O)Nc3nc(-c4cccc(C(F)(F)F)c4)c(CN4CCC[C@H]4P)s3)cn2)CC1. The van der Waals surface area contributed by atoms with Crippen LogP contribution in [-0.4, -0.2) is 86.8 Å². The van der Waals surface area contributed by atoms with Gasteiger partial charge in [0.15, 0.2) is 5.13 Å². The molecule has 0 aliphatic carbocycles. The quantitative estimate of drug-likeness (QED) is 0.338. The number of carbonyl (C=O) groups excluding carboxylic acids is 1. The van der Waals surface area contributed by atoms with Crippen molar-refractivity contribution in [2.45, 2.75) is 37.8 Å². The van der Waals surface area contributed by atoms with Crippen molar-refractivity contribution in [3.05, 3.63) is 52.8 Å². The second-order valence-corrected chi connectivity index (χ2v) is 12.1. The normalized spacial score (nSPS) is 18.4. The number of piperazine rings is 1. The maximum atomic E-state index is 13.4. The molecule has 0 radical (unpaired) electrons. The molecule has 2 saturated heterocycles. The van der Waals surface area contributed by atoms with Crippen molar-refractivity contribution in [2.75, 3.05) is 49.5 Å². The summed E-state index contributed by atoms with van der Waals surface area (Å²) in [6.45, 7) is 4.60. The first kappa shape index (κ1) is 30.3. The Morgan fingerprint density at radius 3 is 2.55 bits per heavy atom. The number of carboxylic acid groups (broad SMARTS) is 1. The number of rotatable bonds is 9. The zero-order chi connectivity index (χ0) is 29.9. The van der Waals surface area contributed by atoms with Gasteiger partial charge < -0.3 is 10.0 Å². The number of carboxylic acids is 1. The molecule has 0 saturated carbocycles. The molecule has 2 fully saturated rings. The third-order valence-corrected chi connectivity index (χ3v) is 9.06. The van der Waals surface area contributed by atoms with E-state index in [0.717, 1.165) is 36.4 Å². The highest BCUT2D eigenvalue weighted by atomic mass is 32.1. The van der Waals surface area contributed by atoms with Gasteiger partial charge in [0.25, 0.3) is 5.91 Å². The number of aromatic nitrogens is 3. The number of nitrogens with zero attached hydrogens (tertiary/aromatic N) is 6. The minimum absolute atomic E-state index is 0.0841. The number of anilines is 2. The fourth-order valence-corrected chi connectivity index (χ4v) is 6.53. The van der Waals surface area contributed by atoms with Gasteiger partial charge in [0.2, 0.25) is 0 Å². The summed E-state index contributed by atoms with van der Waals surface area (Å²) in [6, 6.07) is 5.07.